The Kier molecular flexibility index (Phi) is 4.90. The monoisotopic (exact) mass is 318 g/mol. The fraction of sp³-hybridized carbons (Fsp3) is 0.438. The molecule has 2 aliphatic heterocycles. The molecule has 0 bridgehead atoms. The number of nitrogens with zero attached hydrogens (tertiary/aromatic N) is 2. The van der Waals surface area contributed by atoms with Crippen LogP contribution in [0, 0.1) is 5.82 Å². The van der Waals surface area contributed by atoms with E-state index in [0.717, 1.165) is 38.4 Å². The average molecular weight is 318 g/mol. The maximum atomic E-state index is 13.4. The smallest absolute Gasteiger partial charge is 0.210 e. The summed E-state index contributed by atoms with van der Waals surface area (Å²) in [6, 6.07) is 6.17. The van der Waals surface area contributed by atoms with Crippen LogP contribution in [0.15, 0.2) is 41.2 Å². The van der Waals surface area contributed by atoms with Gasteiger partial charge in [0.15, 0.2) is 0 Å². The van der Waals surface area contributed by atoms with Gasteiger partial charge in [-0.3, -0.25) is 11.2 Å². The van der Waals surface area contributed by atoms with Gasteiger partial charge in [-0.1, -0.05) is 12.1 Å². The van der Waals surface area contributed by atoms with Gasteiger partial charge in [0.1, 0.15) is 11.6 Å². The second-order valence-corrected chi connectivity index (χ2v) is 5.79. The Labute approximate surface area is 135 Å². The Bertz CT molecular complexity index is 596. The number of hydrogen-bond donors (Lipinski definition) is 4. The number of halogens is 1. The first-order chi connectivity index (χ1) is 11.2. The van der Waals surface area contributed by atoms with E-state index in [9.17, 15) is 4.39 Å². The Morgan fingerprint density at radius 1 is 1.43 bits per heavy atom. The molecule has 7 heteroatoms. The summed E-state index contributed by atoms with van der Waals surface area (Å²) in [6.07, 6.45) is 5.70. The Balaban J connectivity index is 1.51. The number of benzene rings is 1. The van der Waals surface area contributed by atoms with Gasteiger partial charge in [-0.25, -0.2) is 14.4 Å². The van der Waals surface area contributed by atoms with E-state index in [1.54, 1.807) is 18.3 Å². The molecule has 5 N–H and O–H groups in total. The predicted molar refractivity (Wildman–Crippen MR) is 88.8 cm³/mol. The van der Waals surface area contributed by atoms with E-state index in [0.29, 0.717) is 5.56 Å². The SMILES string of the molecule is NC1(c2cccc(F)c2)N=CC=C(NCCCN2CCCN2)N1. The number of hydrazine groups is 1. The normalized spacial score (nSPS) is 24.3. The van der Waals surface area contributed by atoms with E-state index in [-0.39, 0.29) is 5.82 Å². The summed E-state index contributed by atoms with van der Waals surface area (Å²) in [6.45, 7) is 4.01. The standard InChI is InChI=1S/C16H23FN6/c17-14-5-1-4-13(12-14)16(18)20-9-6-15(22-16)19-7-2-10-23-11-3-8-21-23/h1,4-6,9,12,19,21-22H,2-3,7-8,10-11,18H2. The zero-order valence-corrected chi connectivity index (χ0v) is 13.1. The van der Waals surface area contributed by atoms with E-state index in [1.807, 2.05) is 6.08 Å². The first kappa shape index (κ1) is 15.9. The van der Waals surface area contributed by atoms with Crippen LogP contribution in [0.4, 0.5) is 4.39 Å². The fourth-order valence-corrected chi connectivity index (χ4v) is 2.75. The lowest BCUT2D eigenvalue weighted by atomic mass is 10.1. The molecule has 0 saturated carbocycles. The third-order valence-corrected chi connectivity index (χ3v) is 3.97. The third-order valence-electron chi connectivity index (χ3n) is 3.97. The van der Waals surface area contributed by atoms with Crippen LogP contribution in [0.25, 0.3) is 0 Å². The number of aliphatic imine (C=N–C) groups is 1. The molecule has 0 amide bonds. The van der Waals surface area contributed by atoms with Gasteiger partial charge in [0.05, 0.1) is 0 Å². The van der Waals surface area contributed by atoms with Crippen LogP contribution in [0.3, 0.4) is 0 Å². The summed E-state index contributed by atoms with van der Waals surface area (Å²) in [5.74, 6) is -0.678. The first-order valence-corrected chi connectivity index (χ1v) is 7.97. The van der Waals surface area contributed by atoms with Crippen LogP contribution in [-0.4, -0.2) is 37.4 Å². The molecule has 6 nitrogen and oxygen atoms in total. The summed E-state index contributed by atoms with van der Waals surface area (Å²) in [5, 5.41) is 8.69. The Hall–Kier alpha value is -1.96. The maximum absolute atomic E-state index is 13.4. The summed E-state index contributed by atoms with van der Waals surface area (Å²) < 4.78 is 13.4. The van der Waals surface area contributed by atoms with Crippen molar-refractivity contribution in [3.05, 3.63) is 47.5 Å². The molecule has 1 saturated heterocycles. The fourth-order valence-electron chi connectivity index (χ4n) is 2.75. The molecule has 2 aliphatic rings. The molecular weight excluding hydrogens is 295 g/mol. The molecule has 1 aromatic rings. The van der Waals surface area contributed by atoms with Crippen molar-refractivity contribution >= 4 is 6.21 Å². The first-order valence-electron chi connectivity index (χ1n) is 7.97. The van der Waals surface area contributed by atoms with Crippen LogP contribution in [-0.2, 0) is 5.79 Å². The van der Waals surface area contributed by atoms with E-state index >= 15 is 0 Å². The van der Waals surface area contributed by atoms with E-state index in [1.165, 1.54) is 18.6 Å². The highest BCUT2D eigenvalue weighted by Gasteiger charge is 2.28. The van der Waals surface area contributed by atoms with Crippen molar-refractivity contribution in [2.24, 2.45) is 10.7 Å². The van der Waals surface area contributed by atoms with Crippen LogP contribution < -0.4 is 21.8 Å². The quantitative estimate of drug-likeness (QED) is 0.578. The second-order valence-electron chi connectivity index (χ2n) is 5.79. The van der Waals surface area contributed by atoms with Gasteiger partial charge >= 0.3 is 0 Å². The molecule has 1 aromatic carbocycles. The van der Waals surface area contributed by atoms with Gasteiger partial charge in [0.25, 0.3) is 0 Å². The highest BCUT2D eigenvalue weighted by atomic mass is 19.1. The van der Waals surface area contributed by atoms with Crippen molar-refractivity contribution in [3.8, 4) is 0 Å². The second kappa shape index (κ2) is 7.08. The number of nitrogens with one attached hydrogen (secondary N) is 3. The minimum Gasteiger partial charge on any atom is -0.372 e. The van der Waals surface area contributed by atoms with Crippen molar-refractivity contribution in [2.75, 3.05) is 26.2 Å². The van der Waals surface area contributed by atoms with Crippen molar-refractivity contribution in [1.82, 2.24) is 21.1 Å². The highest BCUT2D eigenvalue weighted by molar-refractivity contribution is 5.73. The maximum Gasteiger partial charge on any atom is 0.210 e. The Morgan fingerprint density at radius 2 is 2.35 bits per heavy atom. The minimum absolute atomic E-state index is 0.327. The molecule has 124 valence electrons. The van der Waals surface area contributed by atoms with Gasteiger partial charge in [-0.05, 0) is 31.1 Å². The summed E-state index contributed by atoms with van der Waals surface area (Å²) in [5.41, 5.74) is 10.2. The molecule has 0 aromatic heterocycles. The molecule has 3 rings (SSSR count). The van der Waals surface area contributed by atoms with Crippen molar-refractivity contribution in [2.45, 2.75) is 18.6 Å². The van der Waals surface area contributed by atoms with Gasteiger partial charge < -0.3 is 10.6 Å². The van der Waals surface area contributed by atoms with Crippen molar-refractivity contribution in [1.29, 1.82) is 0 Å². The molecule has 23 heavy (non-hydrogen) atoms. The molecule has 0 radical (unpaired) electrons. The van der Waals surface area contributed by atoms with Gasteiger partial charge in [0.2, 0.25) is 5.79 Å². The molecule has 1 unspecified atom stereocenters. The molecule has 1 atom stereocenters. The van der Waals surface area contributed by atoms with Crippen LogP contribution in [0.1, 0.15) is 18.4 Å². The number of nitrogens with two attached hydrogens (primary N) is 1. The Morgan fingerprint density at radius 3 is 3.13 bits per heavy atom. The topological polar surface area (TPSA) is 77.7 Å². The molecule has 0 aliphatic carbocycles. The van der Waals surface area contributed by atoms with Crippen LogP contribution >= 0.6 is 0 Å². The van der Waals surface area contributed by atoms with E-state index in [2.05, 4.69) is 26.1 Å². The van der Waals surface area contributed by atoms with Crippen LogP contribution in [0.5, 0.6) is 0 Å². The van der Waals surface area contributed by atoms with Gasteiger partial charge in [-0.15, -0.1) is 0 Å². The average Bonchev–Trinajstić information content (AvgIpc) is 3.05. The van der Waals surface area contributed by atoms with Gasteiger partial charge in [-0.2, -0.15) is 0 Å². The van der Waals surface area contributed by atoms with E-state index < -0.39 is 5.79 Å². The third kappa shape index (κ3) is 4.07. The van der Waals surface area contributed by atoms with Crippen molar-refractivity contribution in [3.63, 3.8) is 0 Å². The molecule has 2 heterocycles. The lowest BCUT2D eigenvalue weighted by Gasteiger charge is -2.31. The van der Waals surface area contributed by atoms with E-state index in [4.69, 9.17) is 5.73 Å². The summed E-state index contributed by atoms with van der Waals surface area (Å²) in [7, 11) is 0. The number of allylic oxidation sites excluding steroid dienone is 1. The number of rotatable bonds is 6. The lowest BCUT2D eigenvalue weighted by Crippen LogP contribution is -2.52. The predicted octanol–water partition coefficient (Wildman–Crippen LogP) is 0.600. The molecular formula is C16H23FN6. The molecule has 0 spiro atoms. The largest absolute Gasteiger partial charge is 0.372 e. The summed E-state index contributed by atoms with van der Waals surface area (Å²) in [4.78, 5) is 4.25. The highest BCUT2D eigenvalue weighted by Crippen LogP contribution is 2.20. The molecule has 1 fully saturated rings. The number of hydrogen-bond acceptors (Lipinski definition) is 6. The zero-order valence-electron chi connectivity index (χ0n) is 13.1. The zero-order chi connectivity index (χ0) is 16.1. The lowest BCUT2D eigenvalue weighted by molar-refractivity contribution is 0.249. The van der Waals surface area contributed by atoms with Crippen molar-refractivity contribution < 1.29 is 4.39 Å². The summed E-state index contributed by atoms with van der Waals surface area (Å²) >= 11 is 0. The van der Waals surface area contributed by atoms with Crippen LogP contribution in [0.2, 0.25) is 0 Å². The van der Waals surface area contributed by atoms with Gasteiger partial charge in [0, 0.05) is 38.0 Å². The minimum atomic E-state index is -1.14.